The first-order valence-corrected chi connectivity index (χ1v) is 5.79. The molecule has 1 N–H and O–H groups in total. The lowest BCUT2D eigenvalue weighted by Crippen LogP contribution is -1.87. The number of nitrogens with zero attached hydrogens (tertiary/aromatic N) is 2. The summed E-state index contributed by atoms with van der Waals surface area (Å²) in [5, 5.41) is 7.07. The first-order chi connectivity index (χ1) is 7.74. The van der Waals surface area contributed by atoms with Crippen LogP contribution in [0.5, 0.6) is 5.75 Å². The van der Waals surface area contributed by atoms with Crippen LogP contribution in [-0.4, -0.2) is 22.3 Å². The number of rotatable bonds is 3. The van der Waals surface area contributed by atoms with Crippen LogP contribution >= 0.6 is 15.9 Å². The third-order valence-corrected chi connectivity index (χ3v) is 2.97. The van der Waals surface area contributed by atoms with Gasteiger partial charge in [0.15, 0.2) is 5.82 Å². The maximum Gasteiger partial charge on any atom is 0.182 e. The van der Waals surface area contributed by atoms with E-state index in [4.69, 9.17) is 4.74 Å². The molecule has 2 aromatic rings. The van der Waals surface area contributed by atoms with Gasteiger partial charge >= 0.3 is 0 Å². The van der Waals surface area contributed by atoms with Crippen molar-refractivity contribution in [3.63, 3.8) is 0 Å². The van der Waals surface area contributed by atoms with Gasteiger partial charge in [0, 0.05) is 16.5 Å². The maximum atomic E-state index is 5.18. The molecule has 0 aliphatic carbocycles. The lowest BCUT2D eigenvalue weighted by molar-refractivity contribution is 0.415. The fourth-order valence-electron chi connectivity index (χ4n) is 1.38. The number of benzene rings is 1. The number of aromatic amines is 1. The average Bonchev–Trinajstić information content (AvgIpc) is 2.78. The zero-order chi connectivity index (χ0) is 11.5. The second-order valence-corrected chi connectivity index (χ2v) is 4.16. The molecular weight excluding hydrogens is 270 g/mol. The van der Waals surface area contributed by atoms with Gasteiger partial charge in [0.05, 0.1) is 7.11 Å². The van der Waals surface area contributed by atoms with Crippen molar-refractivity contribution in [3.8, 4) is 17.1 Å². The predicted octanol–water partition coefficient (Wildman–Crippen LogP) is 2.81. The molecule has 0 unspecified atom stereocenters. The molecule has 0 atom stereocenters. The molecule has 0 saturated carbocycles. The van der Waals surface area contributed by atoms with Crippen molar-refractivity contribution < 1.29 is 4.74 Å². The number of aromatic nitrogens is 3. The molecule has 1 aromatic carbocycles. The summed E-state index contributed by atoms with van der Waals surface area (Å²) >= 11 is 3.48. The second-order valence-electron chi connectivity index (χ2n) is 3.31. The summed E-state index contributed by atoms with van der Waals surface area (Å²) in [6, 6.07) is 5.73. The van der Waals surface area contributed by atoms with Crippen LogP contribution in [0.4, 0.5) is 0 Å². The Morgan fingerprint density at radius 1 is 1.44 bits per heavy atom. The van der Waals surface area contributed by atoms with E-state index in [-0.39, 0.29) is 0 Å². The number of aryl methyl sites for hydroxylation is 1. The Kier molecular flexibility index (Phi) is 3.24. The van der Waals surface area contributed by atoms with Crippen molar-refractivity contribution in [2.45, 2.75) is 13.3 Å². The highest BCUT2D eigenvalue weighted by molar-refractivity contribution is 9.10. The van der Waals surface area contributed by atoms with Gasteiger partial charge in [0.2, 0.25) is 0 Å². The van der Waals surface area contributed by atoms with Gasteiger partial charge in [-0.1, -0.05) is 22.9 Å². The predicted molar refractivity (Wildman–Crippen MR) is 65.4 cm³/mol. The summed E-state index contributed by atoms with van der Waals surface area (Å²) in [6.45, 7) is 2.03. The number of halogens is 1. The molecule has 1 aromatic heterocycles. The molecule has 0 spiro atoms. The number of hydrogen-bond acceptors (Lipinski definition) is 3. The standard InChI is InChI=1S/C11H12BrN3O/c1-3-10-13-11(15-14-10)8-6-7(16-2)4-5-9(8)12/h4-6H,3H2,1-2H3,(H,13,14,15). The highest BCUT2D eigenvalue weighted by atomic mass is 79.9. The minimum atomic E-state index is 0.683. The lowest BCUT2D eigenvalue weighted by Gasteiger charge is -2.03. The van der Waals surface area contributed by atoms with Crippen LogP contribution in [0.1, 0.15) is 12.7 Å². The normalized spacial score (nSPS) is 10.4. The van der Waals surface area contributed by atoms with E-state index in [1.807, 2.05) is 25.1 Å². The highest BCUT2D eigenvalue weighted by Crippen LogP contribution is 2.29. The van der Waals surface area contributed by atoms with E-state index in [9.17, 15) is 0 Å². The summed E-state index contributed by atoms with van der Waals surface area (Å²) in [7, 11) is 1.64. The Balaban J connectivity index is 2.45. The van der Waals surface area contributed by atoms with Gasteiger partial charge in [0.25, 0.3) is 0 Å². The van der Waals surface area contributed by atoms with Gasteiger partial charge in [-0.3, -0.25) is 5.10 Å². The number of ether oxygens (including phenoxy) is 1. The Morgan fingerprint density at radius 2 is 2.25 bits per heavy atom. The highest BCUT2D eigenvalue weighted by Gasteiger charge is 2.09. The van der Waals surface area contributed by atoms with Crippen molar-refractivity contribution >= 4 is 15.9 Å². The van der Waals surface area contributed by atoms with Gasteiger partial charge in [-0.2, -0.15) is 5.10 Å². The van der Waals surface area contributed by atoms with Crippen LogP contribution < -0.4 is 4.74 Å². The quantitative estimate of drug-likeness (QED) is 0.941. The number of nitrogens with one attached hydrogen (secondary N) is 1. The zero-order valence-electron chi connectivity index (χ0n) is 9.12. The summed E-state index contributed by atoms with van der Waals surface area (Å²) in [6.07, 6.45) is 0.842. The van der Waals surface area contributed by atoms with Gasteiger partial charge in [-0.15, -0.1) is 0 Å². The molecule has 0 amide bonds. The third kappa shape index (κ3) is 2.09. The van der Waals surface area contributed by atoms with E-state index >= 15 is 0 Å². The molecule has 0 saturated heterocycles. The largest absolute Gasteiger partial charge is 0.497 e. The molecule has 0 radical (unpaired) electrons. The number of methoxy groups -OCH3 is 1. The van der Waals surface area contributed by atoms with E-state index in [0.717, 1.165) is 28.0 Å². The van der Waals surface area contributed by atoms with Crippen molar-refractivity contribution in [3.05, 3.63) is 28.5 Å². The van der Waals surface area contributed by atoms with Crippen molar-refractivity contribution in [2.24, 2.45) is 0 Å². The van der Waals surface area contributed by atoms with Crippen LogP contribution in [0.25, 0.3) is 11.4 Å². The first-order valence-electron chi connectivity index (χ1n) is 4.99. The van der Waals surface area contributed by atoms with Crippen LogP contribution in [-0.2, 0) is 6.42 Å². The molecule has 1 heterocycles. The van der Waals surface area contributed by atoms with Crippen LogP contribution in [0.15, 0.2) is 22.7 Å². The maximum absolute atomic E-state index is 5.18. The summed E-state index contributed by atoms with van der Waals surface area (Å²) in [5.74, 6) is 2.35. The molecule has 16 heavy (non-hydrogen) atoms. The zero-order valence-corrected chi connectivity index (χ0v) is 10.7. The Morgan fingerprint density at radius 3 is 2.88 bits per heavy atom. The average molecular weight is 282 g/mol. The summed E-state index contributed by atoms with van der Waals surface area (Å²) in [5.41, 5.74) is 0.926. The van der Waals surface area contributed by atoms with E-state index in [2.05, 4.69) is 31.1 Å². The topological polar surface area (TPSA) is 50.8 Å². The van der Waals surface area contributed by atoms with Crippen molar-refractivity contribution in [2.75, 3.05) is 7.11 Å². The molecule has 0 aliphatic rings. The summed E-state index contributed by atoms with van der Waals surface area (Å²) < 4.78 is 6.13. The van der Waals surface area contributed by atoms with Gasteiger partial charge in [-0.25, -0.2) is 4.98 Å². The lowest BCUT2D eigenvalue weighted by atomic mass is 10.2. The molecule has 5 heteroatoms. The van der Waals surface area contributed by atoms with E-state index < -0.39 is 0 Å². The van der Waals surface area contributed by atoms with Crippen LogP contribution in [0.2, 0.25) is 0 Å². The Hall–Kier alpha value is -1.36. The molecule has 2 rings (SSSR count). The fraction of sp³-hybridized carbons (Fsp3) is 0.273. The molecular formula is C11H12BrN3O. The van der Waals surface area contributed by atoms with Gasteiger partial charge in [-0.05, 0) is 18.2 Å². The first kappa shape index (κ1) is 11.1. The smallest absolute Gasteiger partial charge is 0.182 e. The molecule has 0 aliphatic heterocycles. The third-order valence-electron chi connectivity index (χ3n) is 2.28. The van der Waals surface area contributed by atoms with Crippen LogP contribution in [0, 0.1) is 0 Å². The molecule has 4 nitrogen and oxygen atoms in total. The molecule has 0 fully saturated rings. The van der Waals surface area contributed by atoms with E-state index in [1.165, 1.54) is 0 Å². The van der Waals surface area contributed by atoms with Gasteiger partial charge < -0.3 is 4.74 Å². The van der Waals surface area contributed by atoms with E-state index in [0.29, 0.717) is 5.82 Å². The Bertz CT molecular complexity index is 496. The minimum Gasteiger partial charge on any atom is -0.497 e. The van der Waals surface area contributed by atoms with Crippen molar-refractivity contribution in [1.82, 2.24) is 15.2 Å². The second kappa shape index (κ2) is 4.65. The van der Waals surface area contributed by atoms with Crippen LogP contribution in [0.3, 0.4) is 0 Å². The van der Waals surface area contributed by atoms with Gasteiger partial charge in [0.1, 0.15) is 11.6 Å². The molecule has 84 valence electrons. The fourth-order valence-corrected chi connectivity index (χ4v) is 1.80. The molecule has 0 bridgehead atoms. The number of hydrogen-bond donors (Lipinski definition) is 1. The monoisotopic (exact) mass is 281 g/mol. The SMILES string of the molecule is CCc1nc(-c2cc(OC)ccc2Br)n[nH]1. The van der Waals surface area contributed by atoms with Crippen molar-refractivity contribution in [1.29, 1.82) is 0 Å². The number of H-pyrrole nitrogens is 1. The minimum absolute atomic E-state index is 0.683. The Labute approximate surface area is 102 Å². The van der Waals surface area contributed by atoms with E-state index in [1.54, 1.807) is 7.11 Å². The summed E-state index contributed by atoms with van der Waals surface area (Å²) in [4.78, 5) is 4.38.